The number of rotatable bonds is 3. The van der Waals surface area contributed by atoms with Crippen LogP contribution in [0.25, 0.3) is 10.9 Å². The molecule has 108 valence electrons. The molecule has 1 N–H and O–H groups in total. The first-order chi connectivity index (χ1) is 10.2. The zero-order valence-corrected chi connectivity index (χ0v) is 12.3. The van der Waals surface area contributed by atoms with Crippen LogP contribution in [0, 0.1) is 6.92 Å². The Balaban J connectivity index is 1.62. The van der Waals surface area contributed by atoms with Crippen molar-refractivity contribution in [2.75, 3.05) is 6.61 Å². The third-order valence-corrected chi connectivity index (χ3v) is 4.61. The SMILES string of the molecule is Cc1cc(CNC23CC=CC(C2)OC3)c2ccccc2n1. The van der Waals surface area contributed by atoms with Crippen LogP contribution >= 0.6 is 0 Å². The van der Waals surface area contributed by atoms with E-state index in [9.17, 15) is 0 Å². The Morgan fingerprint density at radius 3 is 3.24 bits per heavy atom. The predicted molar refractivity (Wildman–Crippen MR) is 84.2 cm³/mol. The second-order valence-corrected chi connectivity index (χ2v) is 6.26. The van der Waals surface area contributed by atoms with Crippen LogP contribution in [0.4, 0.5) is 0 Å². The van der Waals surface area contributed by atoms with E-state index >= 15 is 0 Å². The number of hydrogen-bond acceptors (Lipinski definition) is 3. The number of nitrogens with zero attached hydrogens (tertiary/aromatic N) is 1. The minimum atomic E-state index is 0.123. The number of pyridine rings is 1. The normalized spacial score (nSPS) is 27.4. The third-order valence-electron chi connectivity index (χ3n) is 4.61. The highest BCUT2D eigenvalue weighted by Crippen LogP contribution is 2.33. The molecule has 4 rings (SSSR count). The van der Waals surface area contributed by atoms with Crippen molar-refractivity contribution in [3.05, 3.63) is 53.7 Å². The molecule has 3 nitrogen and oxygen atoms in total. The number of aryl methyl sites for hydroxylation is 1. The lowest BCUT2D eigenvalue weighted by Gasteiger charge is -2.30. The summed E-state index contributed by atoms with van der Waals surface area (Å²) in [6.45, 7) is 3.74. The van der Waals surface area contributed by atoms with Gasteiger partial charge in [-0.3, -0.25) is 4.98 Å². The molecule has 1 aliphatic carbocycles. The highest BCUT2D eigenvalue weighted by atomic mass is 16.5. The fraction of sp³-hybridized carbons (Fsp3) is 0.389. The molecule has 2 aliphatic rings. The van der Waals surface area contributed by atoms with Gasteiger partial charge in [-0.1, -0.05) is 30.4 Å². The topological polar surface area (TPSA) is 34.1 Å². The number of aromatic nitrogens is 1. The quantitative estimate of drug-likeness (QED) is 0.877. The van der Waals surface area contributed by atoms with E-state index in [-0.39, 0.29) is 5.54 Å². The minimum Gasteiger partial charge on any atom is -0.372 e. The van der Waals surface area contributed by atoms with Crippen molar-refractivity contribution in [3.63, 3.8) is 0 Å². The molecule has 3 heteroatoms. The zero-order valence-electron chi connectivity index (χ0n) is 12.3. The van der Waals surface area contributed by atoms with Crippen molar-refractivity contribution in [3.8, 4) is 0 Å². The standard InChI is InChI=1S/C18H20N2O/c1-13-9-14(16-6-2-3-7-17(16)20-13)11-19-18-8-4-5-15(10-18)21-12-18/h2-7,9,15,19H,8,10-12H2,1H3. The van der Waals surface area contributed by atoms with E-state index in [2.05, 4.69) is 53.6 Å². The average molecular weight is 280 g/mol. The van der Waals surface area contributed by atoms with Crippen LogP contribution in [0.1, 0.15) is 24.1 Å². The summed E-state index contributed by atoms with van der Waals surface area (Å²) in [5.41, 5.74) is 3.60. The predicted octanol–water partition coefficient (Wildman–Crippen LogP) is 3.12. The number of para-hydroxylation sites is 1. The molecule has 1 aromatic heterocycles. The van der Waals surface area contributed by atoms with Gasteiger partial charge in [0.15, 0.2) is 0 Å². The van der Waals surface area contributed by atoms with Crippen LogP contribution in [0.3, 0.4) is 0 Å². The number of hydrogen-bond donors (Lipinski definition) is 1. The molecule has 2 atom stereocenters. The Labute approximate surface area is 125 Å². The van der Waals surface area contributed by atoms with Crippen molar-refractivity contribution < 1.29 is 4.74 Å². The van der Waals surface area contributed by atoms with Crippen LogP contribution in [-0.2, 0) is 11.3 Å². The fourth-order valence-corrected chi connectivity index (χ4v) is 3.50. The third kappa shape index (κ3) is 2.37. The van der Waals surface area contributed by atoms with Gasteiger partial charge in [0, 0.05) is 23.2 Å². The van der Waals surface area contributed by atoms with E-state index in [1.54, 1.807) is 0 Å². The Morgan fingerprint density at radius 1 is 1.38 bits per heavy atom. The highest BCUT2D eigenvalue weighted by molar-refractivity contribution is 5.82. The number of fused-ring (bicyclic) bond motifs is 3. The van der Waals surface area contributed by atoms with Gasteiger partial charge in [-0.15, -0.1) is 0 Å². The van der Waals surface area contributed by atoms with Crippen LogP contribution in [0.15, 0.2) is 42.5 Å². The van der Waals surface area contributed by atoms with E-state index < -0.39 is 0 Å². The lowest BCUT2D eigenvalue weighted by atomic mass is 9.87. The molecule has 2 unspecified atom stereocenters. The Kier molecular flexibility index (Phi) is 3.05. The van der Waals surface area contributed by atoms with Crippen molar-refractivity contribution in [2.24, 2.45) is 0 Å². The van der Waals surface area contributed by atoms with Crippen molar-refractivity contribution in [2.45, 2.75) is 38.0 Å². The summed E-state index contributed by atoms with van der Waals surface area (Å²) in [6.07, 6.45) is 6.90. The molecule has 1 aliphatic heterocycles. The maximum Gasteiger partial charge on any atom is 0.0775 e. The summed E-state index contributed by atoms with van der Waals surface area (Å²) < 4.78 is 5.82. The zero-order chi connectivity index (χ0) is 14.3. The van der Waals surface area contributed by atoms with Crippen molar-refractivity contribution >= 4 is 10.9 Å². The maximum atomic E-state index is 5.82. The average Bonchev–Trinajstić information content (AvgIpc) is 2.79. The summed E-state index contributed by atoms with van der Waals surface area (Å²) in [5, 5.41) is 5.00. The molecule has 1 aromatic carbocycles. The first kappa shape index (κ1) is 13.0. The Bertz CT molecular complexity index is 709. The van der Waals surface area contributed by atoms with Gasteiger partial charge >= 0.3 is 0 Å². The van der Waals surface area contributed by atoms with E-state index in [0.29, 0.717) is 6.10 Å². The number of ether oxygens (including phenoxy) is 1. The summed E-state index contributed by atoms with van der Waals surface area (Å²) in [6, 6.07) is 10.6. The smallest absolute Gasteiger partial charge is 0.0775 e. The molecule has 2 bridgehead atoms. The summed E-state index contributed by atoms with van der Waals surface area (Å²) in [5.74, 6) is 0. The highest BCUT2D eigenvalue weighted by Gasteiger charge is 2.40. The van der Waals surface area contributed by atoms with E-state index in [4.69, 9.17) is 4.74 Å². The Hall–Kier alpha value is -1.71. The summed E-state index contributed by atoms with van der Waals surface area (Å²) in [4.78, 5) is 4.61. The molecule has 0 spiro atoms. The van der Waals surface area contributed by atoms with Gasteiger partial charge in [0.1, 0.15) is 0 Å². The van der Waals surface area contributed by atoms with Crippen LogP contribution < -0.4 is 5.32 Å². The Morgan fingerprint density at radius 2 is 2.29 bits per heavy atom. The lowest BCUT2D eigenvalue weighted by molar-refractivity contribution is 0.133. The molecule has 0 amide bonds. The molecule has 0 radical (unpaired) electrons. The molecule has 2 aromatic rings. The molecular weight excluding hydrogens is 260 g/mol. The first-order valence-corrected chi connectivity index (χ1v) is 7.63. The molecular formula is C18H20N2O. The molecule has 1 fully saturated rings. The monoisotopic (exact) mass is 280 g/mol. The van der Waals surface area contributed by atoms with E-state index in [1.165, 1.54) is 10.9 Å². The fourth-order valence-electron chi connectivity index (χ4n) is 3.50. The largest absolute Gasteiger partial charge is 0.372 e. The molecule has 2 heterocycles. The second-order valence-electron chi connectivity index (χ2n) is 6.26. The van der Waals surface area contributed by atoms with Gasteiger partial charge in [-0.2, -0.15) is 0 Å². The van der Waals surface area contributed by atoms with Gasteiger partial charge in [-0.25, -0.2) is 0 Å². The number of benzene rings is 1. The molecule has 21 heavy (non-hydrogen) atoms. The molecule has 1 saturated heterocycles. The van der Waals surface area contributed by atoms with E-state index in [1.807, 2.05) is 6.07 Å². The maximum absolute atomic E-state index is 5.82. The van der Waals surface area contributed by atoms with Crippen molar-refractivity contribution in [1.82, 2.24) is 10.3 Å². The van der Waals surface area contributed by atoms with Gasteiger partial charge in [0.25, 0.3) is 0 Å². The van der Waals surface area contributed by atoms with Crippen LogP contribution in [0.5, 0.6) is 0 Å². The van der Waals surface area contributed by atoms with Gasteiger partial charge in [0.2, 0.25) is 0 Å². The number of nitrogens with one attached hydrogen (secondary N) is 1. The first-order valence-electron chi connectivity index (χ1n) is 7.63. The minimum absolute atomic E-state index is 0.123. The second kappa shape index (κ2) is 4.93. The van der Waals surface area contributed by atoms with Crippen LogP contribution in [-0.4, -0.2) is 23.2 Å². The summed E-state index contributed by atoms with van der Waals surface area (Å²) >= 11 is 0. The van der Waals surface area contributed by atoms with Crippen LogP contribution in [0.2, 0.25) is 0 Å². The van der Waals surface area contributed by atoms with Gasteiger partial charge in [0.05, 0.1) is 18.2 Å². The van der Waals surface area contributed by atoms with Crippen molar-refractivity contribution in [1.29, 1.82) is 0 Å². The van der Waals surface area contributed by atoms with Gasteiger partial charge < -0.3 is 10.1 Å². The summed E-state index contributed by atoms with van der Waals surface area (Å²) in [7, 11) is 0. The van der Waals surface area contributed by atoms with Gasteiger partial charge in [-0.05, 0) is 37.5 Å². The molecule has 0 saturated carbocycles. The lowest BCUT2D eigenvalue weighted by Crippen LogP contribution is -2.46. The van der Waals surface area contributed by atoms with E-state index in [0.717, 1.165) is 37.2 Å².